The summed E-state index contributed by atoms with van der Waals surface area (Å²) in [5.41, 5.74) is 6.31. The Labute approximate surface area is 68.2 Å². The molecule has 4 nitrogen and oxygen atoms in total. The number of nitrogens with two attached hydrogens (primary N) is 1. The summed E-state index contributed by atoms with van der Waals surface area (Å²) in [4.78, 5) is 3.90. The molecule has 0 atom stereocenters. The first kappa shape index (κ1) is 6.68. The lowest BCUT2D eigenvalue weighted by atomic mass is 10.2. The summed E-state index contributed by atoms with van der Waals surface area (Å²) in [6.45, 7) is 0. The maximum absolute atomic E-state index is 8.61. The second-order valence-corrected chi connectivity index (χ2v) is 2.35. The number of furan rings is 1. The number of anilines is 1. The molecule has 0 aliphatic heterocycles. The van der Waals surface area contributed by atoms with Crippen molar-refractivity contribution >= 4 is 16.9 Å². The molecule has 2 N–H and O–H groups in total. The Bertz CT molecular complexity index is 467. The van der Waals surface area contributed by atoms with E-state index in [2.05, 4.69) is 4.98 Å². The molecule has 12 heavy (non-hydrogen) atoms. The summed E-state index contributed by atoms with van der Waals surface area (Å²) in [5.74, 6) is 0.208. The van der Waals surface area contributed by atoms with Crippen molar-refractivity contribution in [2.24, 2.45) is 0 Å². The SMILES string of the molecule is N#Cc1cc2ccoc2nc1N. The number of pyridine rings is 1. The van der Waals surface area contributed by atoms with E-state index in [0.29, 0.717) is 11.3 Å². The quantitative estimate of drug-likeness (QED) is 0.628. The van der Waals surface area contributed by atoms with E-state index in [0.717, 1.165) is 5.39 Å². The molecular weight excluding hydrogens is 154 g/mol. The van der Waals surface area contributed by atoms with Gasteiger partial charge in [0.15, 0.2) is 0 Å². The molecule has 0 radical (unpaired) electrons. The average molecular weight is 159 g/mol. The van der Waals surface area contributed by atoms with E-state index < -0.39 is 0 Å². The number of hydrogen-bond donors (Lipinski definition) is 1. The van der Waals surface area contributed by atoms with Crippen molar-refractivity contribution in [2.45, 2.75) is 0 Å². The zero-order chi connectivity index (χ0) is 8.55. The Kier molecular flexibility index (Phi) is 1.25. The maximum Gasteiger partial charge on any atom is 0.227 e. The zero-order valence-electron chi connectivity index (χ0n) is 6.11. The molecule has 0 unspecified atom stereocenters. The number of aromatic nitrogens is 1. The van der Waals surface area contributed by atoms with Gasteiger partial charge in [-0.05, 0) is 12.1 Å². The van der Waals surface area contributed by atoms with Crippen LogP contribution in [0.2, 0.25) is 0 Å². The summed E-state index contributed by atoms with van der Waals surface area (Å²) >= 11 is 0. The summed E-state index contributed by atoms with van der Waals surface area (Å²) in [7, 11) is 0. The van der Waals surface area contributed by atoms with Gasteiger partial charge in [-0.25, -0.2) is 0 Å². The molecule has 0 fully saturated rings. The minimum absolute atomic E-state index is 0.208. The number of fused-ring (bicyclic) bond motifs is 1. The largest absolute Gasteiger partial charge is 0.446 e. The van der Waals surface area contributed by atoms with Crippen LogP contribution < -0.4 is 5.73 Å². The van der Waals surface area contributed by atoms with E-state index in [1.807, 2.05) is 6.07 Å². The first-order valence-corrected chi connectivity index (χ1v) is 3.35. The van der Waals surface area contributed by atoms with Crippen molar-refractivity contribution in [1.82, 2.24) is 4.98 Å². The highest BCUT2D eigenvalue weighted by Gasteiger charge is 2.04. The summed E-state index contributed by atoms with van der Waals surface area (Å²) in [6.07, 6.45) is 1.51. The highest BCUT2D eigenvalue weighted by atomic mass is 16.3. The van der Waals surface area contributed by atoms with Crippen LogP contribution in [-0.4, -0.2) is 4.98 Å². The fraction of sp³-hybridized carbons (Fsp3) is 0. The predicted octanol–water partition coefficient (Wildman–Crippen LogP) is 1.28. The summed E-state index contributed by atoms with van der Waals surface area (Å²) in [6, 6.07) is 5.34. The van der Waals surface area contributed by atoms with E-state index in [4.69, 9.17) is 15.4 Å². The number of nitriles is 1. The van der Waals surface area contributed by atoms with Crippen LogP contribution in [0.25, 0.3) is 11.1 Å². The van der Waals surface area contributed by atoms with Crippen LogP contribution in [0, 0.1) is 11.3 Å². The van der Waals surface area contributed by atoms with Crippen LogP contribution in [0.15, 0.2) is 22.8 Å². The van der Waals surface area contributed by atoms with Crippen molar-refractivity contribution in [3.8, 4) is 6.07 Å². The molecule has 2 heterocycles. The van der Waals surface area contributed by atoms with Crippen molar-refractivity contribution in [1.29, 1.82) is 5.26 Å². The zero-order valence-corrected chi connectivity index (χ0v) is 6.11. The molecular formula is C8H5N3O. The normalized spacial score (nSPS) is 9.92. The van der Waals surface area contributed by atoms with Gasteiger partial charge in [-0.15, -0.1) is 0 Å². The number of rotatable bonds is 0. The van der Waals surface area contributed by atoms with Gasteiger partial charge in [0.2, 0.25) is 5.71 Å². The van der Waals surface area contributed by atoms with Crippen molar-refractivity contribution in [2.75, 3.05) is 5.73 Å². The lowest BCUT2D eigenvalue weighted by Gasteiger charge is -1.93. The van der Waals surface area contributed by atoms with Gasteiger partial charge in [-0.2, -0.15) is 10.2 Å². The van der Waals surface area contributed by atoms with E-state index in [-0.39, 0.29) is 5.82 Å². The van der Waals surface area contributed by atoms with E-state index in [9.17, 15) is 0 Å². The van der Waals surface area contributed by atoms with Crippen molar-refractivity contribution in [3.63, 3.8) is 0 Å². The highest BCUT2D eigenvalue weighted by molar-refractivity contribution is 5.77. The predicted molar refractivity (Wildman–Crippen MR) is 43.1 cm³/mol. The van der Waals surface area contributed by atoms with Gasteiger partial charge in [0, 0.05) is 5.39 Å². The molecule has 0 aliphatic carbocycles. The van der Waals surface area contributed by atoms with E-state index in [1.165, 1.54) is 6.26 Å². The molecule has 0 saturated heterocycles. The minimum Gasteiger partial charge on any atom is -0.446 e. The smallest absolute Gasteiger partial charge is 0.227 e. The van der Waals surface area contributed by atoms with Gasteiger partial charge >= 0.3 is 0 Å². The van der Waals surface area contributed by atoms with Crippen LogP contribution in [0.5, 0.6) is 0 Å². The fourth-order valence-corrected chi connectivity index (χ4v) is 1.00. The molecule has 2 rings (SSSR count). The van der Waals surface area contributed by atoms with Crippen LogP contribution in [-0.2, 0) is 0 Å². The van der Waals surface area contributed by atoms with Crippen LogP contribution in [0.3, 0.4) is 0 Å². The van der Waals surface area contributed by atoms with Crippen molar-refractivity contribution < 1.29 is 4.42 Å². The first-order chi connectivity index (χ1) is 5.81. The molecule has 0 amide bonds. The second kappa shape index (κ2) is 2.24. The second-order valence-electron chi connectivity index (χ2n) is 2.35. The third-order valence-corrected chi connectivity index (χ3v) is 1.59. The monoisotopic (exact) mass is 159 g/mol. The topological polar surface area (TPSA) is 75.8 Å². The minimum atomic E-state index is 0.208. The average Bonchev–Trinajstić information content (AvgIpc) is 2.49. The lowest BCUT2D eigenvalue weighted by molar-refractivity contribution is 0.604. The number of hydrogen-bond acceptors (Lipinski definition) is 4. The molecule has 2 aromatic rings. The van der Waals surface area contributed by atoms with Gasteiger partial charge in [-0.1, -0.05) is 0 Å². The fourth-order valence-electron chi connectivity index (χ4n) is 1.00. The van der Waals surface area contributed by atoms with Crippen LogP contribution in [0.4, 0.5) is 5.82 Å². The number of nitrogen functional groups attached to an aromatic ring is 1. The Morgan fingerprint density at radius 1 is 1.58 bits per heavy atom. The van der Waals surface area contributed by atoms with Gasteiger partial charge in [0.25, 0.3) is 0 Å². The molecule has 4 heteroatoms. The Morgan fingerprint density at radius 3 is 3.17 bits per heavy atom. The summed E-state index contributed by atoms with van der Waals surface area (Å²) < 4.78 is 5.00. The van der Waals surface area contributed by atoms with E-state index in [1.54, 1.807) is 12.1 Å². The van der Waals surface area contributed by atoms with Crippen LogP contribution in [0.1, 0.15) is 5.56 Å². The lowest BCUT2D eigenvalue weighted by Crippen LogP contribution is -1.93. The van der Waals surface area contributed by atoms with Gasteiger partial charge in [0.1, 0.15) is 11.9 Å². The standard InChI is InChI=1S/C8H5N3O/c9-4-6-3-5-1-2-12-8(5)11-7(6)10/h1-3H,(H2,10,11). The Morgan fingerprint density at radius 2 is 2.42 bits per heavy atom. The molecule has 0 spiro atoms. The number of nitrogens with zero attached hydrogens (tertiary/aromatic N) is 2. The van der Waals surface area contributed by atoms with E-state index >= 15 is 0 Å². The van der Waals surface area contributed by atoms with Gasteiger partial charge in [-0.3, -0.25) is 0 Å². The van der Waals surface area contributed by atoms with Gasteiger partial charge in [0.05, 0.1) is 11.8 Å². The third kappa shape index (κ3) is 0.805. The van der Waals surface area contributed by atoms with Crippen LogP contribution >= 0.6 is 0 Å². The molecule has 58 valence electrons. The first-order valence-electron chi connectivity index (χ1n) is 3.35. The molecule has 0 aliphatic rings. The molecule has 0 aromatic carbocycles. The Hall–Kier alpha value is -2.02. The third-order valence-electron chi connectivity index (χ3n) is 1.59. The molecule has 0 saturated carbocycles. The molecule has 2 aromatic heterocycles. The highest BCUT2D eigenvalue weighted by Crippen LogP contribution is 2.17. The van der Waals surface area contributed by atoms with Gasteiger partial charge < -0.3 is 10.2 Å². The summed E-state index contributed by atoms with van der Waals surface area (Å²) in [5, 5.41) is 9.41. The molecule has 0 bridgehead atoms. The maximum atomic E-state index is 8.61. The van der Waals surface area contributed by atoms with Crippen molar-refractivity contribution in [3.05, 3.63) is 24.0 Å². The Balaban J connectivity index is 2.84.